The second kappa shape index (κ2) is 8.28. The Labute approximate surface area is 203 Å². The Kier molecular flexibility index (Phi) is 5.46. The zero-order chi connectivity index (χ0) is 22.4. The molecule has 1 heterocycles. The zero-order valence-electron chi connectivity index (χ0n) is 16.8. The van der Waals surface area contributed by atoms with Crippen molar-refractivity contribution in [2.24, 2.45) is 5.73 Å². The van der Waals surface area contributed by atoms with Crippen molar-refractivity contribution < 1.29 is 4.79 Å². The molecule has 1 amide bonds. The molecule has 5 aromatic rings. The summed E-state index contributed by atoms with van der Waals surface area (Å²) in [6.07, 6.45) is 0. The first-order valence-electron chi connectivity index (χ1n) is 9.97. The van der Waals surface area contributed by atoms with Gasteiger partial charge in [0.2, 0.25) is 5.91 Å². The Morgan fingerprint density at radius 3 is 2.47 bits per heavy atom. The lowest BCUT2D eigenvalue weighted by Crippen LogP contribution is -2.11. The van der Waals surface area contributed by atoms with Crippen molar-refractivity contribution in [3.8, 4) is 11.1 Å². The molecule has 0 bridgehead atoms. The molecule has 0 aliphatic carbocycles. The Morgan fingerprint density at radius 1 is 0.906 bits per heavy atom. The molecule has 3 nitrogen and oxygen atoms in total. The number of rotatable bonds is 4. The van der Waals surface area contributed by atoms with Crippen molar-refractivity contribution in [1.29, 1.82) is 0 Å². The van der Waals surface area contributed by atoms with Crippen LogP contribution in [0.25, 0.3) is 32.9 Å². The van der Waals surface area contributed by atoms with E-state index in [0.29, 0.717) is 22.2 Å². The number of hydrogen-bond donors (Lipinski definition) is 1. The van der Waals surface area contributed by atoms with E-state index in [1.54, 1.807) is 12.1 Å². The summed E-state index contributed by atoms with van der Waals surface area (Å²) in [7, 11) is 0. The zero-order valence-corrected chi connectivity index (χ0v) is 19.9. The highest BCUT2D eigenvalue weighted by molar-refractivity contribution is 9.10. The lowest BCUT2D eigenvalue weighted by Gasteiger charge is -2.11. The van der Waals surface area contributed by atoms with Gasteiger partial charge < -0.3 is 10.3 Å². The molecule has 0 saturated heterocycles. The standard InChI is InChI=1S/C26H17BrCl2N2O/c27-21-6-2-1-4-16(21)14-31-23-7-3-5-20(26(30)32)25(23)19-10-8-15(12-24(19)31)18-11-9-17(28)13-22(18)29/h1-13H,14H2,(H2,30,32). The van der Waals surface area contributed by atoms with Crippen LogP contribution in [-0.2, 0) is 6.54 Å². The third-order valence-corrected chi connectivity index (χ3v) is 7.01. The van der Waals surface area contributed by atoms with E-state index in [2.05, 4.69) is 32.6 Å². The minimum atomic E-state index is -0.444. The molecule has 0 saturated carbocycles. The van der Waals surface area contributed by atoms with Crippen LogP contribution in [-0.4, -0.2) is 10.5 Å². The average Bonchev–Trinajstić information content (AvgIpc) is 3.08. The quantitative estimate of drug-likeness (QED) is 0.258. The molecular weight excluding hydrogens is 507 g/mol. The largest absolute Gasteiger partial charge is 0.366 e. The maximum atomic E-state index is 12.2. The summed E-state index contributed by atoms with van der Waals surface area (Å²) in [6.45, 7) is 0.626. The number of amides is 1. The van der Waals surface area contributed by atoms with Crippen LogP contribution in [0.15, 0.2) is 83.3 Å². The van der Waals surface area contributed by atoms with Crippen molar-refractivity contribution in [3.05, 3.63) is 105 Å². The monoisotopic (exact) mass is 522 g/mol. The van der Waals surface area contributed by atoms with Crippen LogP contribution < -0.4 is 5.73 Å². The maximum absolute atomic E-state index is 12.2. The predicted octanol–water partition coefficient (Wildman–Crippen LogP) is 7.68. The highest BCUT2D eigenvalue weighted by Crippen LogP contribution is 2.37. The third-order valence-electron chi connectivity index (χ3n) is 5.69. The van der Waals surface area contributed by atoms with Gasteiger partial charge in [-0.2, -0.15) is 0 Å². The van der Waals surface area contributed by atoms with Crippen LogP contribution in [0.2, 0.25) is 10.0 Å². The SMILES string of the molecule is NC(=O)c1cccc2c1c1ccc(-c3ccc(Cl)cc3Cl)cc1n2Cc1ccccc1Br. The molecule has 0 spiro atoms. The summed E-state index contributed by atoms with van der Waals surface area (Å²) >= 11 is 16.2. The summed E-state index contributed by atoms with van der Waals surface area (Å²) < 4.78 is 3.24. The molecule has 6 heteroatoms. The molecule has 0 fully saturated rings. The number of fused-ring (bicyclic) bond motifs is 3. The number of carbonyl (C=O) groups is 1. The van der Waals surface area contributed by atoms with Gasteiger partial charge in [0.1, 0.15) is 0 Å². The van der Waals surface area contributed by atoms with Gasteiger partial charge >= 0.3 is 0 Å². The summed E-state index contributed by atoms with van der Waals surface area (Å²) in [5, 5.41) is 3.00. The van der Waals surface area contributed by atoms with Crippen LogP contribution in [0.3, 0.4) is 0 Å². The molecule has 0 aliphatic heterocycles. The molecular formula is C26H17BrCl2N2O. The van der Waals surface area contributed by atoms with E-state index in [4.69, 9.17) is 28.9 Å². The second-order valence-corrected chi connectivity index (χ2v) is 9.30. The molecule has 32 heavy (non-hydrogen) atoms. The summed E-state index contributed by atoms with van der Waals surface area (Å²) in [6, 6.07) is 25.4. The van der Waals surface area contributed by atoms with E-state index in [0.717, 1.165) is 43.0 Å². The fourth-order valence-electron chi connectivity index (χ4n) is 4.21. The van der Waals surface area contributed by atoms with E-state index in [-0.39, 0.29) is 0 Å². The lowest BCUT2D eigenvalue weighted by molar-refractivity contribution is 0.100. The van der Waals surface area contributed by atoms with E-state index >= 15 is 0 Å². The van der Waals surface area contributed by atoms with Crippen LogP contribution in [0.1, 0.15) is 15.9 Å². The van der Waals surface area contributed by atoms with Gasteiger partial charge in [0, 0.05) is 43.0 Å². The highest BCUT2D eigenvalue weighted by atomic mass is 79.9. The predicted molar refractivity (Wildman–Crippen MR) is 137 cm³/mol. The van der Waals surface area contributed by atoms with Crippen molar-refractivity contribution in [2.45, 2.75) is 6.54 Å². The fourth-order valence-corrected chi connectivity index (χ4v) is 5.14. The molecule has 0 unspecified atom stereocenters. The maximum Gasteiger partial charge on any atom is 0.249 e. The Bertz CT molecular complexity index is 1520. The number of primary amides is 1. The van der Waals surface area contributed by atoms with Crippen molar-refractivity contribution >= 4 is 66.8 Å². The number of halogens is 3. The normalized spacial score (nSPS) is 11.3. The Balaban J connectivity index is 1.82. The molecule has 1 aromatic heterocycles. The number of nitrogens with zero attached hydrogens (tertiary/aromatic N) is 1. The van der Waals surface area contributed by atoms with Crippen LogP contribution in [0, 0.1) is 0 Å². The van der Waals surface area contributed by atoms with E-state index in [1.165, 1.54) is 0 Å². The highest BCUT2D eigenvalue weighted by Gasteiger charge is 2.18. The van der Waals surface area contributed by atoms with Gasteiger partial charge in [0.25, 0.3) is 0 Å². The van der Waals surface area contributed by atoms with Gasteiger partial charge in [-0.05, 0) is 47.5 Å². The van der Waals surface area contributed by atoms with Gasteiger partial charge in [0.15, 0.2) is 0 Å². The molecule has 158 valence electrons. The number of hydrogen-bond acceptors (Lipinski definition) is 1. The van der Waals surface area contributed by atoms with Crippen molar-refractivity contribution in [3.63, 3.8) is 0 Å². The minimum Gasteiger partial charge on any atom is -0.366 e. The summed E-state index contributed by atoms with van der Waals surface area (Å²) in [5.41, 5.74) is 11.2. The Hall–Kier alpha value is -2.79. The topological polar surface area (TPSA) is 48.0 Å². The molecule has 2 N–H and O–H groups in total. The van der Waals surface area contributed by atoms with Gasteiger partial charge in [-0.3, -0.25) is 4.79 Å². The van der Waals surface area contributed by atoms with Gasteiger partial charge in [-0.1, -0.05) is 81.6 Å². The first-order valence-corrected chi connectivity index (χ1v) is 11.5. The first kappa shape index (κ1) is 21.1. The first-order chi connectivity index (χ1) is 15.4. The average molecular weight is 524 g/mol. The number of aromatic nitrogens is 1. The minimum absolute atomic E-state index is 0.444. The summed E-state index contributed by atoms with van der Waals surface area (Å²) in [4.78, 5) is 12.2. The van der Waals surface area contributed by atoms with E-state index in [1.807, 2.05) is 54.6 Å². The molecule has 0 atom stereocenters. The van der Waals surface area contributed by atoms with Gasteiger partial charge in [-0.25, -0.2) is 0 Å². The van der Waals surface area contributed by atoms with Crippen LogP contribution in [0.5, 0.6) is 0 Å². The van der Waals surface area contributed by atoms with E-state index in [9.17, 15) is 4.79 Å². The third kappa shape index (κ3) is 3.58. The number of carbonyl (C=O) groups excluding carboxylic acids is 1. The number of nitrogens with two attached hydrogens (primary N) is 1. The molecule has 0 radical (unpaired) electrons. The van der Waals surface area contributed by atoms with Gasteiger partial charge in [0.05, 0.1) is 11.0 Å². The molecule has 4 aromatic carbocycles. The van der Waals surface area contributed by atoms with Crippen LogP contribution in [0.4, 0.5) is 0 Å². The van der Waals surface area contributed by atoms with E-state index < -0.39 is 5.91 Å². The Morgan fingerprint density at radius 2 is 1.72 bits per heavy atom. The van der Waals surface area contributed by atoms with Crippen LogP contribution >= 0.6 is 39.1 Å². The van der Waals surface area contributed by atoms with Crippen molar-refractivity contribution in [1.82, 2.24) is 4.57 Å². The number of benzene rings is 4. The van der Waals surface area contributed by atoms with Crippen molar-refractivity contribution in [2.75, 3.05) is 0 Å². The second-order valence-electron chi connectivity index (χ2n) is 7.60. The van der Waals surface area contributed by atoms with Gasteiger partial charge in [-0.15, -0.1) is 0 Å². The summed E-state index contributed by atoms with van der Waals surface area (Å²) in [5.74, 6) is -0.444. The lowest BCUT2D eigenvalue weighted by atomic mass is 10.0. The molecule has 5 rings (SSSR count). The molecule has 0 aliphatic rings. The smallest absolute Gasteiger partial charge is 0.249 e. The fraction of sp³-hybridized carbons (Fsp3) is 0.0385.